The monoisotopic (exact) mass is 542 g/mol. The molecular formula is C29H36F2N4O2S. The molecule has 2 atom stereocenters. The lowest BCUT2D eigenvalue weighted by atomic mass is 9.80. The Bertz CT molecular complexity index is 1300. The number of thioether (sulfide) groups is 1. The van der Waals surface area contributed by atoms with E-state index < -0.39 is 11.8 Å². The van der Waals surface area contributed by atoms with Gasteiger partial charge in [0, 0.05) is 45.8 Å². The number of aliphatic imine (C=N–C) groups is 1. The standard InChI is InChI=1S/C29H36F2N4O2S/c1-17-13-25(38-4)23(27(36)33-17)14-32-28(37)26-19(3)35(24-8-6-5-7-22(24)26)18(2)20-9-11-21(12-10-20)34-15-29(30,31)16-34/h5-8,13,18,20-21,23H,9-12,14-16H2,1-4H3,(H,32,37)/t18-,20?,21?,23?/m1/s1. The van der Waals surface area contributed by atoms with E-state index >= 15 is 0 Å². The summed E-state index contributed by atoms with van der Waals surface area (Å²) in [4.78, 5) is 33.0. The number of benzene rings is 1. The molecule has 1 saturated carbocycles. The molecule has 0 bridgehead atoms. The SMILES string of the molecule is CSC1=CC(C)=NC(=O)C1CNC(=O)c1c(C)n([C@H](C)C2CCC(N3CC(F)(F)C3)CC2)c2ccccc12. The molecule has 38 heavy (non-hydrogen) atoms. The van der Waals surface area contributed by atoms with E-state index in [-0.39, 0.29) is 43.5 Å². The van der Waals surface area contributed by atoms with Crippen LogP contribution in [0.25, 0.3) is 10.9 Å². The fourth-order valence-electron chi connectivity index (χ4n) is 6.55. The molecule has 3 heterocycles. The van der Waals surface area contributed by atoms with Gasteiger partial charge in [-0.25, -0.2) is 13.8 Å². The van der Waals surface area contributed by atoms with Crippen molar-refractivity contribution >= 4 is 40.2 Å². The predicted octanol–water partition coefficient (Wildman–Crippen LogP) is 5.61. The number of nitrogens with one attached hydrogen (secondary N) is 1. The minimum atomic E-state index is -2.52. The number of nitrogens with zero attached hydrogens (tertiary/aromatic N) is 3. The van der Waals surface area contributed by atoms with Crippen molar-refractivity contribution in [2.75, 3.05) is 25.9 Å². The lowest BCUT2D eigenvalue weighted by Crippen LogP contribution is -2.60. The van der Waals surface area contributed by atoms with Crippen molar-refractivity contribution in [3.8, 4) is 0 Å². The molecule has 1 aliphatic carbocycles. The number of carbonyl (C=O) groups is 2. The summed E-state index contributed by atoms with van der Waals surface area (Å²) in [6, 6.07) is 8.39. The molecule has 0 radical (unpaired) electrons. The van der Waals surface area contributed by atoms with E-state index in [0.29, 0.717) is 17.2 Å². The molecule has 6 nitrogen and oxygen atoms in total. The van der Waals surface area contributed by atoms with Gasteiger partial charge >= 0.3 is 0 Å². The second-order valence-electron chi connectivity index (χ2n) is 11.0. The van der Waals surface area contributed by atoms with Crippen molar-refractivity contribution in [2.24, 2.45) is 16.8 Å². The Morgan fingerprint density at radius 2 is 1.87 bits per heavy atom. The summed E-state index contributed by atoms with van der Waals surface area (Å²) >= 11 is 1.51. The van der Waals surface area contributed by atoms with Crippen LogP contribution < -0.4 is 5.32 Å². The number of aromatic nitrogens is 1. The van der Waals surface area contributed by atoms with Gasteiger partial charge in [-0.3, -0.25) is 14.5 Å². The maximum Gasteiger partial charge on any atom is 0.272 e. The number of likely N-dealkylation sites (tertiary alicyclic amines) is 1. The molecule has 204 valence electrons. The smallest absolute Gasteiger partial charge is 0.272 e. The molecular weight excluding hydrogens is 506 g/mol. The van der Waals surface area contributed by atoms with E-state index in [1.54, 1.807) is 6.92 Å². The molecule has 9 heteroatoms. The summed E-state index contributed by atoms with van der Waals surface area (Å²) in [5.41, 5.74) is 3.25. The summed E-state index contributed by atoms with van der Waals surface area (Å²) in [7, 11) is 0. The highest BCUT2D eigenvalue weighted by molar-refractivity contribution is 8.02. The van der Waals surface area contributed by atoms with Crippen LogP contribution in [-0.2, 0) is 4.79 Å². The number of dihydropyridines is 1. The molecule has 5 rings (SSSR count). The van der Waals surface area contributed by atoms with E-state index in [9.17, 15) is 18.4 Å². The lowest BCUT2D eigenvalue weighted by molar-refractivity contribution is -0.151. The van der Waals surface area contributed by atoms with Gasteiger partial charge in [-0.15, -0.1) is 11.8 Å². The number of rotatable bonds is 7. The number of para-hydroxylation sites is 1. The van der Waals surface area contributed by atoms with Crippen molar-refractivity contribution in [2.45, 2.75) is 64.5 Å². The first-order valence-corrected chi connectivity index (χ1v) is 14.7. The van der Waals surface area contributed by atoms with Crippen molar-refractivity contribution < 1.29 is 18.4 Å². The maximum atomic E-state index is 13.5. The summed E-state index contributed by atoms with van der Waals surface area (Å²) in [5, 5.41) is 3.92. The van der Waals surface area contributed by atoms with Crippen LogP contribution in [0.2, 0.25) is 0 Å². The summed E-state index contributed by atoms with van der Waals surface area (Å²) in [5.74, 6) is -2.99. The molecule has 0 spiro atoms. The average Bonchev–Trinajstić information content (AvgIpc) is 3.17. The van der Waals surface area contributed by atoms with Crippen LogP contribution in [0, 0.1) is 18.8 Å². The van der Waals surface area contributed by atoms with E-state index in [1.165, 1.54) is 11.8 Å². The fourth-order valence-corrected chi connectivity index (χ4v) is 7.31. The number of alkyl halides is 2. The Kier molecular flexibility index (Phi) is 7.52. The summed E-state index contributed by atoms with van der Waals surface area (Å²) in [6.45, 7) is 5.99. The number of hydrogen-bond donors (Lipinski definition) is 1. The summed E-state index contributed by atoms with van der Waals surface area (Å²) in [6.07, 6.45) is 7.66. The molecule has 1 saturated heterocycles. The molecule has 3 aliphatic rings. The van der Waals surface area contributed by atoms with Gasteiger partial charge in [0.25, 0.3) is 17.7 Å². The van der Waals surface area contributed by atoms with Gasteiger partial charge in [0.1, 0.15) is 0 Å². The molecule has 2 aromatic rings. The molecule has 2 amide bonds. The van der Waals surface area contributed by atoms with Crippen LogP contribution in [0.3, 0.4) is 0 Å². The van der Waals surface area contributed by atoms with Gasteiger partial charge in [-0.2, -0.15) is 0 Å². The molecule has 2 aliphatic heterocycles. The van der Waals surface area contributed by atoms with Crippen LogP contribution in [0.1, 0.15) is 61.6 Å². The number of halogens is 2. The molecule has 1 aromatic carbocycles. The van der Waals surface area contributed by atoms with Gasteiger partial charge in [-0.05, 0) is 70.8 Å². The van der Waals surface area contributed by atoms with Crippen molar-refractivity contribution in [1.29, 1.82) is 0 Å². The number of carbonyl (C=O) groups excluding carboxylic acids is 2. The van der Waals surface area contributed by atoms with Gasteiger partial charge in [0.15, 0.2) is 0 Å². The lowest BCUT2D eigenvalue weighted by Gasteiger charge is -2.46. The zero-order valence-electron chi connectivity index (χ0n) is 22.5. The highest BCUT2D eigenvalue weighted by Crippen LogP contribution is 2.41. The van der Waals surface area contributed by atoms with Crippen LogP contribution >= 0.6 is 11.8 Å². The van der Waals surface area contributed by atoms with E-state index in [4.69, 9.17) is 0 Å². The first-order chi connectivity index (χ1) is 18.1. The molecule has 1 unspecified atom stereocenters. The van der Waals surface area contributed by atoms with E-state index in [0.717, 1.165) is 47.2 Å². The quantitative estimate of drug-likeness (QED) is 0.494. The van der Waals surface area contributed by atoms with Crippen molar-refractivity contribution in [3.05, 3.63) is 46.5 Å². The Morgan fingerprint density at radius 1 is 1.18 bits per heavy atom. The molecule has 1 aromatic heterocycles. The van der Waals surface area contributed by atoms with Crippen LogP contribution in [-0.4, -0.2) is 64.8 Å². The number of fused-ring (bicyclic) bond motifs is 1. The number of amides is 2. The zero-order chi connectivity index (χ0) is 27.2. The predicted molar refractivity (Wildman–Crippen MR) is 149 cm³/mol. The van der Waals surface area contributed by atoms with Crippen LogP contribution in [0.15, 0.2) is 40.2 Å². The Morgan fingerprint density at radius 3 is 2.53 bits per heavy atom. The maximum absolute atomic E-state index is 13.5. The second-order valence-corrected chi connectivity index (χ2v) is 11.9. The van der Waals surface area contributed by atoms with Gasteiger partial charge in [0.2, 0.25) is 0 Å². The topological polar surface area (TPSA) is 66.7 Å². The summed E-state index contributed by atoms with van der Waals surface area (Å²) < 4.78 is 29.0. The third kappa shape index (κ3) is 5.07. The minimum absolute atomic E-state index is 0.107. The van der Waals surface area contributed by atoms with Crippen molar-refractivity contribution in [1.82, 2.24) is 14.8 Å². The highest BCUT2D eigenvalue weighted by Gasteiger charge is 2.47. The zero-order valence-corrected chi connectivity index (χ0v) is 23.3. The first-order valence-electron chi connectivity index (χ1n) is 13.4. The van der Waals surface area contributed by atoms with E-state index in [1.807, 2.05) is 42.4 Å². The minimum Gasteiger partial charge on any atom is -0.351 e. The first kappa shape index (κ1) is 27.1. The Labute approximate surface area is 226 Å². The van der Waals surface area contributed by atoms with Gasteiger partial charge in [-0.1, -0.05) is 18.2 Å². The second kappa shape index (κ2) is 10.6. The normalized spacial score (nSPS) is 26.5. The van der Waals surface area contributed by atoms with Gasteiger partial charge < -0.3 is 9.88 Å². The van der Waals surface area contributed by atoms with Crippen LogP contribution in [0.4, 0.5) is 8.78 Å². The third-order valence-electron chi connectivity index (χ3n) is 8.58. The highest BCUT2D eigenvalue weighted by atomic mass is 32.2. The largest absolute Gasteiger partial charge is 0.351 e. The number of hydrogen-bond acceptors (Lipinski definition) is 4. The Hall–Kier alpha value is -2.52. The molecule has 2 fully saturated rings. The third-order valence-corrected chi connectivity index (χ3v) is 9.45. The fraction of sp³-hybridized carbons (Fsp3) is 0.552. The molecule has 1 N–H and O–H groups in total. The average molecular weight is 543 g/mol. The Balaban J connectivity index is 1.32. The number of allylic oxidation sites excluding steroid dienone is 1. The van der Waals surface area contributed by atoms with Crippen molar-refractivity contribution in [3.63, 3.8) is 0 Å². The van der Waals surface area contributed by atoms with Crippen LogP contribution in [0.5, 0.6) is 0 Å². The van der Waals surface area contributed by atoms with E-state index in [2.05, 4.69) is 27.9 Å². The van der Waals surface area contributed by atoms with Gasteiger partial charge in [0.05, 0.1) is 24.6 Å².